The number of nitrogens with zero attached hydrogens (tertiary/aromatic N) is 2. The van der Waals surface area contributed by atoms with E-state index in [0.29, 0.717) is 19.5 Å². The van der Waals surface area contributed by atoms with Crippen LogP contribution in [-0.2, 0) is 20.7 Å². The molecule has 5 atom stereocenters. The van der Waals surface area contributed by atoms with Gasteiger partial charge in [-0.05, 0) is 37.0 Å². The Balaban J connectivity index is 1.41. The Kier molecular flexibility index (Phi) is 10.6. The van der Waals surface area contributed by atoms with Gasteiger partial charge in [0, 0.05) is 49.9 Å². The molecule has 2 fully saturated rings. The largest absolute Gasteiger partial charge is 0.443 e. The predicted molar refractivity (Wildman–Crippen MR) is 157 cm³/mol. The second kappa shape index (κ2) is 14.0. The lowest BCUT2D eigenvalue weighted by Crippen LogP contribution is -2.60. The molecule has 0 radical (unpaired) electrons. The Morgan fingerprint density at radius 2 is 1.81 bits per heavy atom. The summed E-state index contributed by atoms with van der Waals surface area (Å²) in [6.45, 7) is 9.51. The number of nitrogens with one attached hydrogen (secondary N) is 3. The van der Waals surface area contributed by atoms with E-state index in [1.807, 2.05) is 38.1 Å². The van der Waals surface area contributed by atoms with Crippen LogP contribution in [0.4, 0.5) is 0 Å². The highest BCUT2D eigenvalue weighted by atomic mass is 16.7. The van der Waals surface area contributed by atoms with E-state index in [1.165, 1.54) is 6.08 Å². The summed E-state index contributed by atoms with van der Waals surface area (Å²) in [5, 5.41) is 53.3. The van der Waals surface area contributed by atoms with E-state index in [-0.39, 0.29) is 23.6 Å². The summed E-state index contributed by atoms with van der Waals surface area (Å²) in [4.78, 5) is 27.2. The molecule has 236 valence electrons. The fourth-order valence-electron chi connectivity index (χ4n) is 5.17. The average Bonchev–Trinajstić information content (AvgIpc) is 3.38. The third kappa shape index (κ3) is 7.80. The third-order valence-electron chi connectivity index (χ3n) is 7.68. The summed E-state index contributed by atoms with van der Waals surface area (Å²) < 4.78 is 11.3. The Hall–Kier alpha value is -3.33. The standard InChI is InChI=1S/C30H43N5O8/c1-17(2)23-20(27(34-33-23)43-28-26(40)25(39)24(38)21(16-36)42-28)15-19-7-5-18(6-8-19)9-10-22(37)32-30(3,4)29(41)35-13-11-31-12-14-35/h5-10,17,21,24-26,28,31,36,38-40H,11-16H2,1-4H3,(H,32,37)(H,33,34)/b10-9+/t21-,24-,25+,26-,28+/m1/s1. The number of aliphatic hydroxyl groups excluding tert-OH is 4. The summed E-state index contributed by atoms with van der Waals surface area (Å²) >= 11 is 0. The molecular weight excluding hydrogens is 558 g/mol. The van der Waals surface area contributed by atoms with Crippen LogP contribution >= 0.6 is 0 Å². The number of rotatable bonds is 10. The summed E-state index contributed by atoms with van der Waals surface area (Å²) in [7, 11) is 0. The molecule has 2 aliphatic heterocycles. The Morgan fingerprint density at radius 3 is 2.44 bits per heavy atom. The normalized spacial score (nSPS) is 24.9. The van der Waals surface area contributed by atoms with Gasteiger partial charge in [-0.1, -0.05) is 38.1 Å². The number of carbonyl (C=O) groups is 2. The molecule has 0 spiro atoms. The van der Waals surface area contributed by atoms with E-state index < -0.39 is 42.9 Å². The zero-order valence-corrected chi connectivity index (χ0v) is 25.0. The molecule has 2 amide bonds. The van der Waals surface area contributed by atoms with Crippen molar-refractivity contribution in [1.82, 2.24) is 25.7 Å². The Morgan fingerprint density at radius 1 is 1.14 bits per heavy atom. The molecule has 1 aromatic heterocycles. The lowest BCUT2D eigenvalue weighted by atomic mass is 9.98. The molecule has 0 unspecified atom stereocenters. The molecule has 13 heteroatoms. The lowest BCUT2D eigenvalue weighted by Gasteiger charge is -2.39. The van der Waals surface area contributed by atoms with Gasteiger partial charge in [-0.15, -0.1) is 5.10 Å². The first kappa shape index (κ1) is 32.6. The number of carbonyl (C=O) groups excluding carboxylic acids is 2. The van der Waals surface area contributed by atoms with E-state index in [1.54, 1.807) is 24.8 Å². The number of amides is 2. The van der Waals surface area contributed by atoms with E-state index in [9.17, 15) is 30.0 Å². The maximum Gasteiger partial charge on any atom is 0.247 e. The number of piperazine rings is 1. The molecule has 2 aromatic rings. The quantitative estimate of drug-likeness (QED) is 0.177. The topological polar surface area (TPSA) is 190 Å². The zero-order valence-electron chi connectivity index (χ0n) is 25.0. The molecule has 13 nitrogen and oxygen atoms in total. The van der Waals surface area contributed by atoms with Gasteiger partial charge < -0.3 is 45.4 Å². The van der Waals surface area contributed by atoms with Crippen LogP contribution in [0, 0.1) is 0 Å². The van der Waals surface area contributed by atoms with Crippen LogP contribution in [0.2, 0.25) is 0 Å². The van der Waals surface area contributed by atoms with Gasteiger partial charge in [0.2, 0.25) is 24.0 Å². The minimum absolute atomic E-state index is 0.0677. The van der Waals surface area contributed by atoms with E-state index in [0.717, 1.165) is 35.5 Å². The molecule has 0 saturated carbocycles. The lowest BCUT2D eigenvalue weighted by molar-refractivity contribution is -0.278. The number of ether oxygens (including phenoxy) is 2. The van der Waals surface area contributed by atoms with Crippen LogP contribution in [0.25, 0.3) is 6.08 Å². The van der Waals surface area contributed by atoms with Crippen molar-refractivity contribution in [3.05, 3.63) is 52.7 Å². The minimum atomic E-state index is -1.57. The molecule has 2 aliphatic rings. The van der Waals surface area contributed by atoms with Gasteiger partial charge in [0.05, 0.1) is 6.61 Å². The van der Waals surface area contributed by atoms with Crippen molar-refractivity contribution in [2.45, 2.75) is 76.3 Å². The fraction of sp³-hybridized carbons (Fsp3) is 0.567. The highest BCUT2D eigenvalue weighted by Gasteiger charge is 2.45. The first-order valence-electron chi connectivity index (χ1n) is 14.5. The average molecular weight is 602 g/mol. The van der Waals surface area contributed by atoms with Gasteiger partial charge in [0.15, 0.2) is 0 Å². The molecule has 3 heterocycles. The zero-order chi connectivity index (χ0) is 31.3. The van der Waals surface area contributed by atoms with Crippen LogP contribution in [0.1, 0.15) is 56.0 Å². The van der Waals surface area contributed by atoms with Gasteiger partial charge in [-0.2, -0.15) is 0 Å². The molecule has 2 saturated heterocycles. The maximum atomic E-state index is 12.9. The minimum Gasteiger partial charge on any atom is -0.443 e. The number of H-pyrrole nitrogens is 1. The molecule has 7 N–H and O–H groups in total. The van der Waals surface area contributed by atoms with Crippen LogP contribution in [0.15, 0.2) is 30.3 Å². The summed E-state index contributed by atoms with van der Waals surface area (Å²) in [6, 6.07) is 7.54. The second-order valence-corrected chi connectivity index (χ2v) is 11.8. The van der Waals surface area contributed by atoms with Gasteiger partial charge in [0.1, 0.15) is 30.0 Å². The number of hydrogen-bond acceptors (Lipinski definition) is 10. The highest BCUT2D eigenvalue weighted by Crippen LogP contribution is 2.31. The summed E-state index contributed by atoms with van der Waals surface area (Å²) in [5.41, 5.74) is 2.23. The Labute approximate surface area is 250 Å². The molecule has 43 heavy (non-hydrogen) atoms. The van der Waals surface area contributed by atoms with E-state index >= 15 is 0 Å². The van der Waals surface area contributed by atoms with Crippen molar-refractivity contribution in [3.63, 3.8) is 0 Å². The summed E-state index contributed by atoms with van der Waals surface area (Å²) in [5.74, 6) is -0.243. The summed E-state index contributed by atoms with van der Waals surface area (Å²) in [6.07, 6.45) is -3.57. The van der Waals surface area contributed by atoms with Crippen molar-refractivity contribution < 1.29 is 39.5 Å². The van der Waals surface area contributed by atoms with Gasteiger partial charge in [-0.3, -0.25) is 14.7 Å². The number of aliphatic hydroxyl groups is 4. The molecule has 4 rings (SSSR count). The SMILES string of the molecule is CC(C)c1[nH]nc(O[C@@H]2O[C@H](CO)[C@@H](O)[C@H](O)[C@H]2O)c1Cc1ccc(/C=C/C(=O)NC(C)(C)C(=O)N2CCNCC2)cc1. The van der Waals surface area contributed by atoms with Crippen LogP contribution in [-0.4, -0.2) is 116 Å². The van der Waals surface area contributed by atoms with Crippen molar-refractivity contribution in [2.75, 3.05) is 32.8 Å². The molecule has 0 bridgehead atoms. The van der Waals surface area contributed by atoms with Gasteiger partial charge in [-0.25, -0.2) is 0 Å². The smallest absolute Gasteiger partial charge is 0.247 e. The maximum absolute atomic E-state index is 12.9. The predicted octanol–water partition coefficient (Wildman–Crippen LogP) is -0.358. The van der Waals surface area contributed by atoms with Crippen LogP contribution < -0.4 is 15.4 Å². The Bertz CT molecular complexity index is 1270. The second-order valence-electron chi connectivity index (χ2n) is 11.8. The highest BCUT2D eigenvalue weighted by molar-refractivity contribution is 5.97. The van der Waals surface area contributed by atoms with Gasteiger partial charge >= 0.3 is 0 Å². The first-order chi connectivity index (χ1) is 20.4. The van der Waals surface area contributed by atoms with Crippen LogP contribution in [0.3, 0.4) is 0 Å². The first-order valence-corrected chi connectivity index (χ1v) is 14.5. The van der Waals surface area contributed by atoms with Crippen molar-refractivity contribution in [1.29, 1.82) is 0 Å². The monoisotopic (exact) mass is 601 g/mol. The van der Waals surface area contributed by atoms with Crippen LogP contribution in [0.5, 0.6) is 5.88 Å². The number of aromatic nitrogens is 2. The van der Waals surface area contributed by atoms with Crippen molar-refractivity contribution >= 4 is 17.9 Å². The molecular formula is C30H43N5O8. The molecule has 0 aliphatic carbocycles. The van der Waals surface area contributed by atoms with E-state index in [2.05, 4.69) is 20.8 Å². The number of benzene rings is 1. The fourth-order valence-corrected chi connectivity index (χ4v) is 5.17. The number of hydrogen-bond donors (Lipinski definition) is 7. The third-order valence-corrected chi connectivity index (χ3v) is 7.68. The van der Waals surface area contributed by atoms with Crippen molar-refractivity contribution in [2.24, 2.45) is 0 Å². The van der Waals surface area contributed by atoms with E-state index in [4.69, 9.17) is 9.47 Å². The number of aromatic amines is 1. The molecule has 1 aromatic carbocycles. The van der Waals surface area contributed by atoms with Gasteiger partial charge in [0.25, 0.3) is 0 Å². The van der Waals surface area contributed by atoms with Crippen molar-refractivity contribution in [3.8, 4) is 5.88 Å².